The smallest absolute Gasteiger partial charge is 0.230 e. The minimum atomic E-state index is -5.19. The summed E-state index contributed by atoms with van der Waals surface area (Å²) in [5, 5.41) is 0. The van der Waals surface area contributed by atoms with Crippen LogP contribution in [0.2, 0.25) is 0 Å². The molecular weight excluding hydrogens is 265 g/mol. The molecule has 0 spiro atoms. The number of hydrogen-bond acceptors (Lipinski definition) is 6. The Bertz CT molecular complexity index is 425. The van der Waals surface area contributed by atoms with Crippen LogP contribution in [-0.2, 0) is 28.3 Å². The highest BCUT2D eigenvalue weighted by Gasteiger charge is 2.61. The zero-order valence-corrected chi connectivity index (χ0v) is 8.74. The first-order valence-corrected chi connectivity index (χ1v) is 6.24. The fraction of sp³-hybridized carbons (Fsp3) is 1.00. The molecule has 1 saturated heterocycles. The zero-order chi connectivity index (χ0) is 12.1. The van der Waals surface area contributed by atoms with E-state index in [1.807, 2.05) is 0 Å². The van der Waals surface area contributed by atoms with Crippen LogP contribution in [0.25, 0.3) is 0 Å². The fourth-order valence-electron chi connectivity index (χ4n) is 0.881. The molecule has 1 atom stereocenters. The van der Waals surface area contributed by atoms with E-state index in [4.69, 9.17) is 0 Å². The number of hydrogen-bond donors (Lipinski definition) is 0. The molecule has 0 amide bonds. The van der Waals surface area contributed by atoms with Crippen LogP contribution in [0.15, 0.2) is 0 Å². The molecule has 1 unspecified atom stereocenters. The van der Waals surface area contributed by atoms with E-state index in [0.717, 1.165) is 0 Å². The molecule has 6 nitrogen and oxygen atoms in total. The molecule has 0 N–H and O–H groups in total. The molecule has 15 heavy (non-hydrogen) atoms. The largest absolute Gasteiger partial charge is 0.419 e. The van der Waals surface area contributed by atoms with Crippen LogP contribution in [-0.4, -0.2) is 34.4 Å². The average Bonchev–Trinajstić information content (AvgIpc) is 1.72. The van der Waals surface area contributed by atoms with Gasteiger partial charge >= 0.3 is 16.6 Å². The lowest BCUT2D eigenvalue weighted by atomic mass is 10.1. The lowest BCUT2D eigenvalue weighted by Gasteiger charge is -2.32. The summed E-state index contributed by atoms with van der Waals surface area (Å²) in [5.74, 6) is -1.61. The van der Waals surface area contributed by atoms with Gasteiger partial charge in [-0.25, -0.2) is 4.18 Å². The van der Waals surface area contributed by atoms with Crippen LogP contribution < -0.4 is 0 Å². The molecule has 1 fully saturated rings. The Morgan fingerprint density at radius 3 is 2.00 bits per heavy atom. The molecule has 0 aromatic rings. The maximum absolute atomic E-state index is 12.3. The van der Waals surface area contributed by atoms with Gasteiger partial charge in [0.2, 0.25) is 0 Å². The van der Waals surface area contributed by atoms with Crippen molar-refractivity contribution < 1.29 is 37.8 Å². The second kappa shape index (κ2) is 3.06. The summed E-state index contributed by atoms with van der Waals surface area (Å²) in [4.78, 5) is 0. The molecule has 11 heteroatoms. The molecule has 0 bridgehead atoms. The third-order valence-electron chi connectivity index (χ3n) is 1.52. The molecule has 0 radical (unpaired) electrons. The average molecular weight is 270 g/mol. The second-order valence-corrected chi connectivity index (χ2v) is 5.92. The van der Waals surface area contributed by atoms with E-state index in [1.54, 1.807) is 0 Å². The van der Waals surface area contributed by atoms with Crippen LogP contribution in [0.4, 0.5) is 13.2 Å². The van der Waals surface area contributed by atoms with E-state index in [1.165, 1.54) is 0 Å². The number of alkyl halides is 3. The highest BCUT2D eigenvalue weighted by atomic mass is 32.3. The summed E-state index contributed by atoms with van der Waals surface area (Å²) in [6, 6.07) is 0. The fourth-order valence-corrected chi connectivity index (χ4v) is 3.78. The Balaban J connectivity index is 3.27. The number of rotatable bonds is 0. The van der Waals surface area contributed by atoms with Crippen molar-refractivity contribution in [2.75, 3.05) is 5.75 Å². The lowest BCUT2D eigenvalue weighted by molar-refractivity contribution is -0.235. The topological polar surface area (TPSA) is 86.7 Å². The summed E-state index contributed by atoms with van der Waals surface area (Å²) in [7, 11) is -10.0. The summed E-state index contributed by atoms with van der Waals surface area (Å²) in [6.07, 6.45) is -5.14. The maximum atomic E-state index is 12.3. The van der Waals surface area contributed by atoms with Gasteiger partial charge < -0.3 is 0 Å². The molecule has 0 aliphatic carbocycles. The van der Waals surface area contributed by atoms with Gasteiger partial charge in [-0.2, -0.15) is 30.0 Å². The van der Waals surface area contributed by atoms with Crippen molar-refractivity contribution in [3.8, 4) is 0 Å². The van der Waals surface area contributed by atoms with E-state index >= 15 is 0 Å². The summed E-state index contributed by atoms with van der Waals surface area (Å²) < 4.78 is 86.6. The molecule has 0 aromatic heterocycles. The first-order valence-electron chi connectivity index (χ1n) is 3.33. The lowest BCUT2D eigenvalue weighted by Crippen LogP contribution is -2.55. The Kier molecular flexibility index (Phi) is 2.58. The van der Waals surface area contributed by atoms with Gasteiger partial charge in [0, 0.05) is 0 Å². The zero-order valence-electron chi connectivity index (χ0n) is 7.11. The van der Waals surface area contributed by atoms with Gasteiger partial charge in [0.25, 0.3) is 10.1 Å². The Hall–Kier alpha value is -0.390. The normalized spacial score (nSPS) is 34.9. The molecule has 0 saturated carbocycles. The standard InChI is InChI=1S/C4H5F3O6S2/c1-3(4(5,6)7)2-14(8,9)13-15(10,11)12-3/h2H2,1H3. The monoisotopic (exact) mass is 270 g/mol. The first-order chi connectivity index (χ1) is 6.37. The predicted molar refractivity (Wildman–Crippen MR) is 39.3 cm³/mol. The maximum Gasteiger partial charge on any atom is 0.419 e. The van der Waals surface area contributed by atoms with Crippen molar-refractivity contribution >= 4 is 20.5 Å². The summed E-state index contributed by atoms with van der Waals surface area (Å²) in [6.45, 7) is 0.310. The van der Waals surface area contributed by atoms with E-state index < -0.39 is 38.0 Å². The van der Waals surface area contributed by atoms with Gasteiger partial charge in [-0.3, -0.25) is 0 Å². The van der Waals surface area contributed by atoms with Gasteiger partial charge in [-0.05, 0) is 6.92 Å². The molecular formula is C4H5F3O6S2. The van der Waals surface area contributed by atoms with Crippen molar-refractivity contribution in [2.45, 2.75) is 18.7 Å². The van der Waals surface area contributed by atoms with Gasteiger partial charge in [-0.15, -0.1) is 3.63 Å². The molecule has 1 heterocycles. The minimum Gasteiger partial charge on any atom is -0.230 e. The van der Waals surface area contributed by atoms with Gasteiger partial charge in [0.05, 0.1) is 0 Å². The van der Waals surface area contributed by atoms with Crippen molar-refractivity contribution in [2.24, 2.45) is 0 Å². The van der Waals surface area contributed by atoms with E-state index in [2.05, 4.69) is 7.81 Å². The SMILES string of the molecule is CC1(C(F)(F)F)CS(=O)(=O)OS(=O)(=O)O1. The molecule has 90 valence electrons. The van der Waals surface area contributed by atoms with Crippen LogP contribution in [0.1, 0.15) is 6.92 Å². The van der Waals surface area contributed by atoms with Crippen molar-refractivity contribution in [1.82, 2.24) is 0 Å². The highest BCUT2D eigenvalue weighted by molar-refractivity contribution is 7.98. The molecule has 1 aliphatic heterocycles. The summed E-state index contributed by atoms with van der Waals surface area (Å²) >= 11 is 0. The molecule has 1 rings (SSSR count). The van der Waals surface area contributed by atoms with E-state index in [9.17, 15) is 30.0 Å². The molecule has 0 aromatic carbocycles. The summed E-state index contributed by atoms with van der Waals surface area (Å²) in [5.41, 5.74) is -3.32. The number of halogens is 3. The quantitative estimate of drug-likeness (QED) is 0.612. The van der Waals surface area contributed by atoms with E-state index in [0.29, 0.717) is 6.92 Å². The third-order valence-corrected chi connectivity index (χ3v) is 4.50. The predicted octanol–water partition coefficient (Wildman–Crippen LogP) is -0.0712. The van der Waals surface area contributed by atoms with Gasteiger partial charge in [-0.1, -0.05) is 0 Å². The highest BCUT2D eigenvalue weighted by Crippen LogP contribution is 2.39. The van der Waals surface area contributed by atoms with Crippen LogP contribution in [0, 0.1) is 0 Å². The Morgan fingerprint density at radius 2 is 1.67 bits per heavy atom. The van der Waals surface area contributed by atoms with Crippen LogP contribution in [0.5, 0.6) is 0 Å². The molecule has 1 aliphatic rings. The van der Waals surface area contributed by atoms with Crippen molar-refractivity contribution in [1.29, 1.82) is 0 Å². The van der Waals surface area contributed by atoms with E-state index in [-0.39, 0.29) is 0 Å². The van der Waals surface area contributed by atoms with Gasteiger partial charge in [0.15, 0.2) is 5.60 Å². The van der Waals surface area contributed by atoms with Crippen molar-refractivity contribution in [3.05, 3.63) is 0 Å². The second-order valence-electron chi connectivity index (χ2n) is 2.99. The first kappa shape index (κ1) is 12.7. The van der Waals surface area contributed by atoms with Gasteiger partial charge in [0.1, 0.15) is 5.75 Å². The van der Waals surface area contributed by atoms with Crippen LogP contribution in [0.3, 0.4) is 0 Å². The van der Waals surface area contributed by atoms with Crippen molar-refractivity contribution in [3.63, 3.8) is 0 Å². The Labute approximate surface area is 83.4 Å². The Morgan fingerprint density at radius 1 is 1.20 bits per heavy atom. The van der Waals surface area contributed by atoms with Crippen LogP contribution >= 0.6 is 0 Å². The minimum absolute atomic E-state index is 0.310. The third kappa shape index (κ3) is 2.59.